The maximum atomic E-state index is 12.8. The lowest BCUT2D eigenvalue weighted by Gasteiger charge is -2.33. The van der Waals surface area contributed by atoms with Gasteiger partial charge < -0.3 is 15.0 Å². The van der Waals surface area contributed by atoms with Crippen LogP contribution < -0.4 is 10.1 Å². The van der Waals surface area contributed by atoms with E-state index in [1.807, 2.05) is 4.90 Å². The van der Waals surface area contributed by atoms with E-state index in [1.165, 1.54) is 7.11 Å². The van der Waals surface area contributed by atoms with Crippen LogP contribution in [0.2, 0.25) is 0 Å². The van der Waals surface area contributed by atoms with E-state index >= 15 is 0 Å². The number of benzene rings is 1. The van der Waals surface area contributed by atoms with Crippen LogP contribution in [0.25, 0.3) is 0 Å². The number of nitrogens with zero attached hydrogens (tertiary/aromatic N) is 3. The van der Waals surface area contributed by atoms with Crippen LogP contribution in [0, 0.1) is 5.92 Å². The molecule has 1 N–H and O–H groups in total. The summed E-state index contributed by atoms with van der Waals surface area (Å²) in [7, 11) is -2.18. The van der Waals surface area contributed by atoms with Crippen LogP contribution >= 0.6 is 0 Å². The predicted molar refractivity (Wildman–Crippen MR) is 104 cm³/mol. The minimum absolute atomic E-state index is 0.147. The van der Waals surface area contributed by atoms with Gasteiger partial charge in [-0.3, -0.25) is 4.79 Å². The summed E-state index contributed by atoms with van der Waals surface area (Å²) in [5, 5.41) is 2.87. The zero-order valence-electron chi connectivity index (χ0n) is 15.3. The number of amidine groups is 1. The zero-order valence-corrected chi connectivity index (χ0v) is 16.1. The molecule has 9 heteroatoms. The molecule has 2 aliphatic rings. The van der Waals surface area contributed by atoms with Crippen molar-refractivity contribution < 1.29 is 17.9 Å². The van der Waals surface area contributed by atoms with Crippen molar-refractivity contribution in [2.45, 2.75) is 17.7 Å². The SMILES string of the molecule is COc1ncccc1NC(=O)C1CCCN(C2=NS(=O)(=O)c3ccccc32)C1. The van der Waals surface area contributed by atoms with Crippen LogP contribution in [0.1, 0.15) is 18.4 Å². The van der Waals surface area contributed by atoms with Gasteiger partial charge in [0.1, 0.15) is 10.6 Å². The van der Waals surface area contributed by atoms with Crippen molar-refractivity contribution in [3.63, 3.8) is 0 Å². The maximum absolute atomic E-state index is 12.8. The second kappa shape index (κ2) is 7.23. The fraction of sp³-hybridized carbons (Fsp3) is 0.316. The first kappa shape index (κ1) is 18.4. The Bertz CT molecular complexity index is 1050. The number of sulfonamides is 1. The summed E-state index contributed by atoms with van der Waals surface area (Å²) in [5.41, 5.74) is 1.11. The summed E-state index contributed by atoms with van der Waals surface area (Å²) in [5.74, 6) is 0.332. The highest BCUT2D eigenvalue weighted by atomic mass is 32.2. The Labute approximate surface area is 163 Å². The number of piperidine rings is 1. The molecule has 0 bridgehead atoms. The molecular weight excluding hydrogens is 380 g/mol. The summed E-state index contributed by atoms with van der Waals surface area (Å²) < 4.78 is 33.8. The molecule has 4 rings (SSSR count). The van der Waals surface area contributed by atoms with Crippen molar-refractivity contribution >= 4 is 27.5 Å². The van der Waals surface area contributed by atoms with Gasteiger partial charge in [-0.25, -0.2) is 4.98 Å². The molecule has 0 aliphatic carbocycles. The average molecular weight is 400 g/mol. The molecule has 28 heavy (non-hydrogen) atoms. The highest BCUT2D eigenvalue weighted by molar-refractivity contribution is 7.90. The van der Waals surface area contributed by atoms with E-state index in [2.05, 4.69) is 14.7 Å². The molecule has 1 aromatic carbocycles. The Balaban J connectivity index is 1.53. The highest BCUT2D eigenvalue weighted by Gasteiger charge is 2.35. The van der Waals surface area contributed by atoms with E-state index < -0.39 is 10.0 Å². The number of carbonyl (C=O) groups excluding carboxylic acids is 1. The van der Waals surface area contributed by atoms with Crippen molar-refractivity contribution in [1.29, 1.82) is 0 Å². The number of hydrogen-bond acceptors (Lipinski definition) is 6. The molecule has 0 radical (unpaired) electrons. The molecule has 0 spiro atoms. The van der Waals surface area contributed by atoms with Crippen LogP contribution in [0.3, 0.4) is 0 Å². The van der Waals surface area contributed by atoms with E-state index in [0.717, 1.165) is 6.42 Å². The van der Waals surface area contributed by atoms with Crippen LogP contribution in [0.5, 0.6) is 5.88 Å². The number of aromatic nitrogens is 1. The lowest BCUT2D eigenvalue weighted by atomic mass is 9.96. The van der Waals surface area contributed by atoms with E-state index in [1.54, 1.807) is 42.6 Å². The predicted octanol–water partition coefficient (Wildman–Crippen LogP) is 1.89. The summed E-state index contributed by atoms with van der Waals surface area (Å²) in [6.07, 6.45) is 3.07. The third-order valence-corrected chi connectivity index (χ3v) is 6.25. The lowest BCUT2D eigenvalue weighted by molar-refractivity contribution is -0.121. The number of fused-ring (bicyclic) bond motifs is 1. The van der Waals surface area contributed by atoms with Gasteiger partial charge in [-0.2, -0.15) is 8.42 Å². The Morgan fingerprint density at radius 3 is 2.89 bits per heavy atom. The van der Waals surface area contributed by atoms with Crippen molar-refractivity contribution in [2.75, 3.05) is 25.5 Å². The second-order valence-corrected chi connectivity index (χ2v) is 8.29. The number of amides is 1. The molecule has 1 fully saturated rings. The third-order valence-electron chi connectivity index (χ3n) is 4.93. The lowest BCUT2D eigenvalue weighted by Crippen LogP contribution is -2.43. The fourth-order valence-corrected chi connectivity index (χ4v) is 4.81. The van der Waals surface area contributed by atoms with Gasteiger partial charge in [-0.1, -0.05) is 12.1 Å². The summed E-state index contributed by atoms with van der Waals surface area (Å²) in [6.45, 7) is 1.06. The van der Waals surface area contributed by atoms with E-state index in [9.17, 15) is 13.2 Å². The average Bonchev–Trinajstić information content (AvgIpc) is 3.00. The molecule has 1 aromatic heterocycles. The molecule has 146 valence electrons. The van der Waals surface area contributed by atoms with Crippen LogP contribution in [0.15, 0.2) is 51.9 Å². The van der Waals surface area contributed by atoms with Gasteiger partial charge in [0.15, 0.2) is 5.84 Å². The number of nitrogens with one attached hydrogen (secondary N) is 1. The van der Waals surface area contributed by atoms with Crippen molar-refractivity contribution in [3.8, 4) is 5.88 Å². The van der Waals surface area contributed by atoms with Gasteiger partial charge in [-0.05, 0) is 37.1 Å². The normalized spacial score (nSPS) is 20.2. The van der Waals surface area contributed by atoms with E-state index in [4.69, 9.17) is 4.74 Å². The Morgan fingerprint density at radius 2 is 2.07 bits per heavy atom. The fourth-order valence-electron chi connectivity index (χ4n) is 3.58. The first-order chi connectivity index (χ1) is 13.5. The van der Waals surface area contributed by atoms with Crippen molar-refractivity contribution in [1.82, 2.24) is 9.88 Å². The number of pyridine rings is 1. The van der Waals surface area contributed by atoms with Crippen molar-refractivity contribution in [3.05, 3.63) is 48.2 Å². The van der Waals surface area contributed by atoms with Gasteiger partial charge in [-0.15, -0.1) is 4.40 Å². The largest absolute Gasteiger partial charge is 0.480 e. The minimum Gasteiger partial charge on any atom is -0.480 e. The van der Waals surface area contributed by atoms with Gasteiger partial charge >= 0.3 is 0 Å². The topological polar surface area (TPSA) is 101 Å². The minimum atomic E-state index is -3.68. The van der Waals surface area contributed by atoms with E-state index in [0.29, 0.717) is 42.5 Å². The van der Waals surface area contributed by atoms with Gasteiger partial charge in [0.25, 0.3) is 10.0 Å². The van der Waals surface area contributed by atoms with Gasteiger partial charge in [0.2, 0.25) is 11.8 Å². The molecule has 2 aliphatic heterocycles. The first-order valence-electron chi connectivity index (χ1n) is 8.99. The Morgan fingerprint density at radius 1 is 1.25 bits per heavy atom. The monoisotopic (exact) mass is 400 g/mol. The third kappa shape index (κ3) is 3.33. The molecule has 8 nitrogen and oxygen atoms in total. The zero-order chi connectivity index (χ0) is 19.7. The number of ether oxygens (including phenoxy) is 1. The summed E-state index contributed by atoms with van der Waals surface area (Å²) >= 11 is 0. The number of rotatable bonds is 3. The number of likely N-dealkylation sites (tertiary alicyclic amines) is 1. The molecular formula is C19H20N4O4S. The Kier molecular flexibility index (Phi) is 4.76. The smallest absolute Gasteiger partial charge is 0.285 e. The van der Waals surface area contributed by atoms with E-state index in [-0.39, 0.29) is 16.7 Å². The molecule has 1 atom stereocenters. The van der Waals surface area contributed by atoms with Gasteiger partial charge in [0, 0.05) is 24.8 Å². The highest BCUT2D eigenvalue weighted by Crippen LogP contribution is 2.30. The molecule has 1 saturated heterocycles. The number of anilines is 1. The Hall–Kier alpha value is -2.94. The molecule has 0 saturated carbocycles. The molecule has 1 amide bonds. The second-order valence-electron chi connectivity index (χ2n) is 6.72. The van der Waals surface area contributed by atoms with Crippen LogP contribution in [0.4, 0.5) is 5.69 Å². The quantitative estimate of drug-likeness (QED) is 0.844. The number of methoxy groups -OCH3 is 1. The van der Waals surface area contributed by atoms with Crippen LogP contribution in [-0.2, 0) is 14.8 Å². The molecule has 1 unspecified atom stereocenters. The van der Waals surface area contributed by atoms with Crippen molar-refractivity contribution in [2.24, 2.45) is 10.3 Å². The molecule has 2 aromatic rings. The van der Waals surface area contributed by atoms with Crippen LogP contribution in [-0.4, -0.2) is 50.2 Å². The maximum Gasteiger partial charge on any atom is 0.285 e. The summed E-state index contributed by atoms with van der Waals surface area (Å²) in [4.78, 5) is 19.0. The number of carbonyl (C=O) groups is 1. The molecule has 3 heterocycles. The number of hydrogen-bond donors (Lipinski definition) is 1. The summed E-state index contributed by atoms with van der Waals surface area (Å²) in [6, 6.07) is 10.2. The standard InChI is InChI=1S/C19H20N4O4S/c1-27-19-15(8-4-10-20-19)21-18(24)13-6-5-11-23(12-13)17-14-7-2-3-9-16(14)28(25,26)22-17/h2-4,7-10,13H,5-6,11-12H2,1H3,(H,21,24). The van der Waals surface area contributed by atoms with Gasteiger partial charge in [0.05, 0.1) is 13.0 Å². The first-order valence-corrected chi connectivity index (χ1v) is 10.4.